The molecule has 0 saturated heterocycles. The molecule has 2 aromatic carbocycles. The zero-order valence-electron chi connectivity index (χ0n) is 13.9. The van der Waals surface area contributed by atoms with Gasteiger partial charge in [0.25, 0.3) is 5.91 Å². The lowest BCUT2D eigenvalue weighted by Crippen LogP contribution is -2.26. The number of hydrogen-bond donors (Lipinski definition) is 0. The zero-order valence-corrected chi connectivity index (χ0v) is 14.7. The molecule has 24 heavy (non-hydrogen) atoms. The van der Waals surface area contributed by atoms with Crippen LogP contribution in [0.15, 0.2) is 41.3 Å². The molecule has 0 aromatic heterocycles. The normalized spacial score (nSPS) is 12.1. The molecule has 0 aliphatic carbocycles. The monoisotopic (exact) mass is 345 g/mol. The van der Waals surface area contributed by atoms with Crippen LogP contribution in [0.5, 0.6) is 17.2 Å². The summed E-state index contributed by atoms with van der Waals surface area (Å²) in [5.41, 5.74) is 1.54. The molecule has 0 atom stereocenters. The van der Waals surface area contributed by atoms with E-state index in [1.807, 2.05) is 42.7 Å². The van der Waals surface area contributed by atoms with Gasteiger partial charge in [-0.25, -0.2) is 0 Å². The number of nitrogens with zero attached hydrogens (tertiary/aromatic N) is 1. The molecule has 126 valence electrons. The molecule has 0 N–H and O–H groups in total. The summed E-state index contributed by atoms with van der Waals surface area (Å²) in [7, 11) is 3.35. The summed E-state index contributed by atoms with van der Waals surface area (Å²) in [6.07, 6.45) is 1.99. The van der Waals surface area contributed by atoms with E-state index in [0.29, 0.717) is 17.9 Å². The highest BCUT2D eigenvalue weighted by atomic mass is 32.2. The molecule has 0 bridgehead atoms. The van der Waals surface area contributed by atoms with Crippen molar-refractivity contribution < 1.29 is 19.0 Å². The Hall–Kier alpha value is -2.34. The number of carbonyl (C=O) groups is 1. The van der Waals surface area contributed by atoms with Crippen LogP contribution in [0.25, 0.3) is 0 Å². The van der Waals surface area contributed by atoms with Gasteiger partial charge in [0.05, 0.1) is 12.7 Å². The molecule has 5 nitrogen and oxygen atoms in total. The van der Waals surface area contributed by atoms with Gasteiger partial charge in [-0.1, -0.05) is 6.07 Å². The second-order valence-corrected chi connectivity index (χ2v) is 6.29. The zero-order chi connectivity index (χ0) is 17.1. The van der Waals surface area contributed by atoms with Gasteiger partial charge < -0.3 is 19.1 Å². The lowest BCUT2D eigenvalue weighted by molar-refractivity contribution is 0.0781. The van der Waals surface area contributed by atoms with E-state index in [0.717, 1.165) is 22.0 Å². The van der Waals surface area contributed by atoms with Crippen molar-refractivity contribution in [2.24, 2.45) is 0 Å². The van der Waals surface area contributed by atoms with Crippen molar-refractivity contribution in [3.05, 3.63) is 47.5 Å². The third kappa shape index (κ3) is 3.28. The second-order valence-electron chi connectivity index (χ2n) is 5.42. The minimum Gasteiger partial charge on any atom is -0.496 e. The van der Waals surface area contributed by atoms with Gasteiger partial charge in [0.1, 0.15) is 5.75 Å². The molecule has 0 saturated carbocycles. The fraction of sp³-hybridized carbons (Fsp3) is 0.278. The van der Waals surface area contributed by atoms with Crippen LogP contribution in [0.4, 0.5) is 0 Å². The first-order chi connectivity index (χ1) is 11.6. The molecule has 6 heteroatoms. The molecule has 1 amide bonds. The van der Waals surface area contributed by atoms with E-state index in [2.05, 4.69) is 0 Å². The standard InChI is InChI=1S/C18H19NO4S/c1-19(10-12-4-7-15-17(8-12)23-11-22-15)18(20)14-6-5-13(24-3)9-16(14)21-2/h4-9H,10-11H2,1-3H3. The van der Waals surface area contributed by atoms with Crippen LogP contribution < -0.4 is 14.2 Å². The van der Waals surface area contributed by atoms with Crippen molar-refractivity contribution in [3.8, 4) is 17.2 Å². The number of amides is 1. The van der Waals surface area contributed by atoms with Gasteiger partial charge in [0.2, 0.25) is 6.79 Å². The fourth-order valence-electron chi connectivity index (χ4n) is 2.57. The van der Waals surface area contributed by atoms with Crippen LogP contribution in [0.2, 0.25) is 0 Å². The number of ether oxygens (including phenoxy) is 3. The average Bonchev–Trinajstić information content (AvgIpc) is 3.08. The van der Waals surface area contributed by atoms with Gasteiger partial charge in [-0.3, -0.25) is 4.79 Å². The van der Waals surface area contributed by atoms with Gasteiger partial charge >= 0.3 is 0 Å². The molecule has 1 aliphatic rings. The Morgan fingerprint density at radius 1 is 1.21 bits per heavy atom. The minimum atomic E-state index is -0.0860. The summed E-state index contributed by atoms with van der Waals surface area (Å²) in [4.78, 5) is 15.5. The van der Waals surface area contributed by atoms with Crippen molar-refractivity contribution >= 4 is 17.7 Å². The second kappa shape index (κ2) is 7.05. The largest absolute Gasteiger partial charge is 0.496 e. The first kappa shape index (κ1) is 16.5. The first-order valence-electron chi connectivity index (χ1n) is 7.48. The summed E-state index contributed by atoms with van der Waals surface area (Å²) in [5, 5.41) is 0. The summed E-state index contributed by atoms with van der Waals surface area (Å²) >= 11 is 1.61. The van der Waals surface area contributed by atoms with Crippen molar-refractivity contribution in [2.75, 3.05) is 27.2 Å². The predicted octanol–water partition coefficient (Wildman–Crippen LogP) is 3.42. The smallest absolute Gasteiger partial charge is 0.257 e. The van der Waals surface area contributed by atoms with E-state index >= 15 is 0 Å². The Balaban J connectivity index is 1.77. The van der Waals surface area contributed by atoms with Crippen LogP contribution in [0.3, 0.4) is 0 Å². The Bertz CT molecular complexity index is 763. The van der Waals surface area contributed by atoms with Gasteiger partial charge in [-0.05, 0) is 42.2 Å². The molecule has 1 aliphatic heterocycles. The molecular formula is C18H19NO4S. The summed E-state index contributed by atoms with van der Waals surface area (Å²) < 4.78 is 16.1. The maximum Gasteiger partial charge on any atom is 0.257 e. The molecule has 0 fully saturated rings. The van der Waals surface area contributed by atoms with E-state index in [1.54, 1.807) is 30.8 Å². The number of benzene rings is 2. The Morgan fingerprint density at radius 3 is 2.75 bits per heavy atom. The fourth-order valence-corrected chi connectivity index (χ4v) is 2.99. The van der Waals surface area contributed by atoms with Crippen molar-refractivity contribution in [3.63, 3.8) is 0 Å². The topological polar surface area (TPSA) is 48.0 Å². The highest BCUT2D eigenvalue weighted by Crippen LogP contribution is 2.33. The van der Waals surface area contributed by atoms with Crippen molar-refractivity contribution in [2.45, 2.75) is 11.4 Å². The first-order valence-corrected chi connectivity index (χ1v) is 8.71. The predicted molar refractivity (Wildman–Crippen MR) is 93.1 cm³/mol. The Morgan fingerprint density at radius 2 is 2.00 bits per heavy atom. The van der Waals surface area contributed by atoms with E-state index in [-0.39, 0.29) is 12.7 Å². The molecule has 0 unspecified atom stereocenters. The van der Waals surface area contributed by atoms with Crippen LogP contribution in [-0.4, -0.2) is 38.0 Å². The van der Waals surface area contributed by atoms with Crippen molar-refractivity contribution in [1.29, 1.82) is 0 Å². The highest BCUT2D eigenvalue weighted by Gasteiger charge is 2.19. The van der Waals surface area contributed by atoms with E-state index in [9.17, 15) is 4.79 Å². The maximum atomic E-state index is 12.7. The number of fused-ring (bicyclic) bond motifs is 1. The van der Waals surface area contributed by atoms with E-state index in [4.69, 9.17) is 14.2 Å². The van der Waals surface area contributed by atoms with Gasteiger partial charge in [-0.15, -0.1) is 11.8 Å². The molecule has 0 spiro atoms. The summed E-state index contributed by atoms with van der Waals surface area (Å²) in [6, 6.07) is 11.3. The summed E-state index contributed by atoms with van der Waals surface area (Å²) in [6.45, 7) is 0.718. The third-order valence-corrected chi connectivity index (χ3v) is 4.57. The highest BCUT2D eigenvalue weighted by molar-refractivity contribution is 7.98. The Labute approximate surface area is 145 Å². The molecular weight excluding hydrogens is 326 g/mol. The SMILES string of the molecule is COc1cc(SC)ccc1C(=O)N(C)Cc1ccc2c(c1)OCO2. The van der Waals surface area contributed by atoms with E-state index < -0.39 is 0 Å². The number of rotatable bonds is 5. The molecule has 2 aromatic rings. The number of carbonyl (C=O) groups excluding carboxylic acids is 1. The number of methoxy groups -OCH3 is 1. The number of thioether (sulfide) groups is 1. The van der Waals surface area contributed by atoms with Crippen molar-refractivity contribution in [1.82, 2.24) is 4.90 Å². The minimum absolute atomic E-state index is 0.0860. The van der Waals surface area contributed by atoms with Crippen LogP contribution >= 0.6 is 11.8 Å². The van der Waals surface area contributed by atoms with Crippen LogP contribution in [-0.2, 0) is 6.54 Å². The third-order valence-electron chi connectivity index (χ3n) is 3.84. The van der Waals surface area contributed by atoms with Crippen LogP contribution in [0.1, 0.15) is 15.9 Å². The summed E-state index contributed by atoms with van der Waals surface area (Å²) in [5.74, 6) is 1.96. The average molecular weight is 345 g/mol. The quantitative estimate of drug-likeness (QED) is 0.777. The van der Waals surface area contributed by atoms with Gasteiger partial charge in [-0.2, -0.15) is 0 Å². The molecule has 0 radical (unpaired) electrons. The maximum absolute atomic E-state index is 12.7. The van der Waals surface area contributed by atoms with Gasteiger partial charge in [0.15, 0.2) is 11.5 Å². The number of hydrogen-bond acceptors (Lipinski definition) is 5. The molecule has 1 heterocycles. The lowest BCUT2D eigenvalue weighted by Gasteiger charge is -2.19. The lowest BCUT2D eigenvalue weighted by atomic mass is 10.1. The Kier molecular flexibility index (Phi) is 4.85. The molecule has 3 rings (SSSR count). The van der Waals surface area contributed by atoms with Gasteiger partial charge in [0, 0.05) is 18.5 Å². The van der Waals surface area contributed by atoms with E-state index in [1.165, 1.54) is 0 Å². The van der Waals surface area contributed by atoms with Crippen LogP contribution in [0, 0.1) is 0 Å².